The van der Waals surface area contributed by atoms with Crippen LogP contribution in [0.2, 0.25) is 0 Å². The topological polar surface area (TPSA) is 52.7 Å². The molecule has 0 spiro atoms. The molecule has 0 unspecified atom stereocenters. The van der Waals surface area contributed by atoms with E-state index in [1.165, 1.54) is 0 Å². The summed E-state index contributed by atoms with van der Waals surface area (Å²) in [4.78, 5) is 28.3. The summed E-state index contributed by atoms with van der Waals surface area (Å²) < 4.78 is 0. The van der Waals surface area contributed by atoms with E-state index in [1.54, 1.807) is 0 Å². The van der Waals surface area contributed by atoms with Crippen molar-refractivity contribution in [2.45, 2.75) is 25.7 Å². The standard InChI is InChI=1S/C13H23N3O2/c1-15(2)10-7-14-11(17)13(5-6-13)12(18)16-8-3-4-9-16/h3-10H2,1-2H3,(H,14,17). The van der Waals surface area contributed by atoms with Crippen molar-refractivity contribution in [3.05, 3.63) is 0 Å². The van der Waals surface area contributed by atoms with Gasteiger partial charge >= 0.3 is 0 Å². The van der Waals surface area contributed by atoms with Crippen molar-refractivity contribution >= 4 is 11.8 Å². The Morgan fingerprint density at radius 1 is 1.22 bits per heavy atom. The third kappa shape index (κ3) is 2.66. The molecule has 5 nitrogen and oxygen atoms in total. The molecular weight excluding hydrogens is 230 g/mol. The van der Waals surface area contributed by atoms with Gasteiger partial charge in [0.1, 0.15) is 5.41 Å². The number of carbonyl (C=O) groups is 2. The third-order valence-electron chi connectivity index (χ3n) is 3.83. The van der Waals surface area contributed by atoms with Crippen molar-refractivity contribution in [1.82, 2.24) is 15.1 Å². The SMILES string of the molecule is CN(C)CCNC(=O)C1(C(=O)N2CCCC2)CC1. The molecule has 18 heavy (non-hydrogen) atoms. The average molecular weight is 253 g/mol. The fourth-order valence-electron chi connectivity index (χ4n) is 2.45. The summed E-state index contributed by atoms with van der Waals surface area (Å²) in [6.07, 6.45) is 3.58. The highest BCUT2D eigenvalue weighted by Gasteiger charge is 2.57. The molecule has 1 saturated carbocycles. The Hall–Kier alpha value is -1.10. The molecule has 2 amide bonds. The summed E-state index contributed by atoms with van der Waals surface area (Å²) in [5, 5.41) is 2.89. The molecule has 2 aliphatic rings. The molecule has 0 radical (unpaired) electrons. The van der Waals surface area contributed by atoms with Gasteiger partial charge in [-0.1, -0.05) is 0 Å². The Morgan fingerprint density at radius 2 is 1.83 bits per heavy atom. The summed E-state index contributed by atoms with van der Waals surface area (Å²) >= 11 is 0. The minimum Gasteiger partial charge on any atom is -0.354 e. The van der Waals surface area contributed by atoms with E-state index in [-0.39, 0.29) is 11.8 Å². The van der Waals surface area contributed by atoms with E-state index in [2.05, 4.69) is 5.32 Å². The maximum Gasteiger partial charge on any atom is 0.238 e. The smallest absolute Gasteiger partial charge is 0.238 e. The van der Waals surface area contributed by atoms with Crippen molar-refractivity contribution in [1.29, 1.82) is 0 Å². The van der Waals surface area contributed by atoms with Crippen LogP contribution < -0.4 is 5.32 Å². The molecule has 1 aliphatic heterocycles. The van der Waals surface area contributed by atoms with Gasteiger partial charge in [-0.15, -0.1) is 0 Å². The lowest BCUT2D eigenvalue weighted by Crippen LogP contribution is -2.45. The number of hydrogen-bond donors (Lipinski definition) is 1. The fraction of sp³-hybridized carbons (Fsp3) is 0.846. The van der Waals surface area contributed by atoms with Gasteiger partial charge in [0.2, 0.25) is 11.8 Å². The predicted molar refractivity (Wildman–Crippen MR) is 69.0 cm³/mol. The second-order valence-corrected chi connectivity index (χ2v) is 5.64. The van der Waals surface area contributed by atoms with Crippen molar-refractivity contribution in [2.24, 2.45) is 5.41 Å². The molecule has 0 bridgehead atoms. The van der Waals surface area contributed by atoms with Crippen LogP contribution in [0.4, 0.5) is 0 Å². The number of nitrogens with zero attached hydrogens (tertiary/aromatic N) is 2. The molecule has 102 valence electrons. The highest BCUT2D eigenvalue weighted by Crippen LogP contribution is 2.47. The van der Waals surface area contributed by atoms with E-state index in [9.17, 15) is 9.59 Å². The predicted octanol–water partition coefficient (Wildman–Crippen LogP) is 0.0668. The molecule has 1 aliphatic carbocycles. The largest absolute Gasteiger partial charge is 0.354 e. The van der Waals surface area contributed by atoms with Gasteiger partial charge < -0.3 is 15.1 Å². The highest BCUT2D eigenvalue weighted by molar-refractivity contribution is 6.07. The van der Waals surface area contributed by atoms with Crippen LogP contribution in [-0.4, -0.2) is 61.9 Å². The first-order valence-electron chi connectivity index (χ1n) is 6.79. The maximum atomic E-state index is 12.3. The zero-order chi connectivity index (χ0) is 13.2. The number of carbonyl (C=O) groups excluding carboxylic acids is 2. The summed E-state index contributed by atoms with van der Waals surface area (Å²) in [7, 11) is 3.93. The van der Waals surface area contributed by atoms with Gasteiger partial charge in [0.05, 0.1) is 0 Å². The van der Waals surface area contributed by atoms with E-state index >= 15 is 0 Å². The number of hydrogen-bond acceptors (Lipinski definition) is 3. The zero-order valence-corrected chi connectivity index (χ0v) is 11.4. The van der Waals surface area contributed by atoms with Gasteiger partial charge in [0.15, 0.2) is 0 Å². The van der Waals surface area contributed by atoms with Crippen LogP contribution in [-0.2, 0) is 9.59 Å². The first kappa shape index (κ1) is 13.3. The Kier molecular flexibility index (Phi) is 3.90. The van der Waals surface area contributed by atoms with Crippen molar-refractivity contribution in [3.63, 3.8) is 0 Å². The van der Waals surface area contributed by atoms with Gasteiger partial charge in [-0.25, -0.2) is 0 Å². The minimum absolute atomic E-state index is 0.0577. The number of nitrogens with one attached hydrogen (secondary N) is 1. The molecule has 5 heteroatoms. The summed E-state index contributed by atoms with van der Waals surface area (Å²) in [5.41, 5.74) is -0.712. The normalized spacial score (nSPS) is 21.2. The molecule has 0 aromatic carbocycles. The second kappa shape index (κ2) is 5.26. The molecule has 0 aromatic heterocycles. The molecule has 2 rings (SSSR count). The fourth-order valence-corrected chi connectivity index (χ4v) is 2.45. The Bertz CT molecular complexity index is 331. The lowest BCUT2D eigenvalue weighted by atomic mass is 10.0. The first-order valence-corrected chi connectivity index (χ1v) is 6.79. The van der Waals surface area contributed by atoms with Gasteiger partial charge in [-0.3, -0.25) is 9.59 Å². The van der Waals surface area contributed by atoms with Crippen LogP contribution in [0.25, 0.3) is 0 Å². The van der Waals surface area contributed by atoms with Crippen molar-refractivity contribution in [2.75, 3.05) is 40.3 Å². The van der Waals surface area contributed by atoms with Crippen molar-refractivity contribution < 1.29 is 9.59 Å². The maximum absolute atomic E-state index is 12.3. The van der Waals surface area contributed by atoms with E-state index in [4.69, 9.17) is 0 Å². The third-order valence-corrected chi connectivity index (χ3v) is 3.83. The van der Waals surface area contributed by atoms with Crippen LogP contribution in [0, 0.1) is 5.41 Å². The molecule has 0 atom stereocenters. The molecule has 1 N–H and O–H groups in total. The van der Waals surface area contributed by atoms with Gasteiger partial charge in [-0.2, -0.15) is 0 Å². The van der Waals surface area contributed by atoms with Crippen LogP contribution in [0.5, 0.6) is 0 Å². The summed E-state index contributed by atoms with van der Waals surface area (Å²) in [6.45, 7) is 3.07. The molecule has 1 heterocycles. The number of amides is 2. The van der Waals surface area contributed by atoms with Crippen molar-refractivity contribution in [3.8, 4) is 0 Å². The van der Waals surface area contributed by atoms with Gasteiger partial charge in [-0.05, 0) is 39.8 Å². The number of rotatable bonds is 5. The Labute approximate surface area is 108 Å². The van der Waals surface area contributed by atoms with Gasteiger partial charge in [0, 0.05) is 26.2 Å². The second-order valence-electron chi connectivity index (χ2n) is 5.64. The first-order chi connectivity index (χ1) is 8.56. The minimum atomic E-state index is -0.712. The molecule has 1 saturated heterocycles. The molecule has 2 fully saturated rings. The number of likely N-dealkylation sites (tertiary alicyclic amines) is 1. The Balaban J connectivity index is 1.86. The van der Waals surface area contributed by atoms with E-state index in [1.807, 2.05) is 23.9 Å². The van der Waals surface area contributed by atoms with E-state index in [0.717, 1.165) is 45.3 Å². The average Bonchev–Trinajstić information content (AvgIpc) is 2.96. The lowest BCUT2D eigenvalue weighted by Gasteiger charge is -2.22. The van der Waals surface area contributed by atoms with Gasteiger partial charge in [0.25, 0.3) is 0 Å². The van der Waals surface area contributed by atoms with Crippen LogP contribution >= 0.6 is 0 Å². The van der Waals surface area contributed by atoms with Crippen LogP contribution in [0.1, 0.15) is 25.7 Å². The Morgan fingerprint density at radius 3 is 2.33 bits per heavy atom. The van der Waals surface area contributed by atoms with Crippen LogP contribution in [0.3, 0.4) is 0 Å². The van der Waals surface area contributed by atoms with Crippen LogP contribution in [0.15, 0.2) is 0 Å². The lowest BCUT2D eigenvalue weighted by molar-refractivity contribution is -0.143. The number of likely N-dealkylation sites (N-methyl/N-ethyl adjacent to an activating group) is 1. The summed E-state index contributed by atoms with van der Waals surface area (Å²) in [5.74, 6) is -0.0106. The zero-order valence-electron chi connectivity index (χ0n) is 11.4. The van der Waals surface area contributed by atoms with E-state index < -0.39 is 5.41 Å². The molecular formula is C13H23N3O2. The van der Waals surface area contributed by atoms with E-state index in [0.29, 0.717) is 6.54 Å². The quantitative estimate of drug-likeness (QED) is 0.705. The monoisotopic (exact) mass is 253 g/mol. The molecule has 0 aromatic rings. The summed E-state index contributed by atoms with van der Waals surface area (Å²) in [6, 6.07) is 0. The highest BCUT2D eigenvalue weighted by atomic mass is 16.2.